The molecule has 1 amide bonds. The van der Waals surface area contributed by atoms with Gasteiger partial charge in [-0.15, -0.1) is 10.2 Å². The predicted molar refractivity (Wildman–Crippen MR) is 74.7 cm³/mol. The fourth-order valence-corrected chi connectivity index (χ4v) is 4.18. The summed E-state index contributed by atoms with van der Waals surface area (Å²) in [6, 6.07) is 0. The fourth-order valence-electron chi connectivity index (χ4n) is 2.53. The number of nitrogens with one attached hydrogen (secondary N) is 1. The van der Waals surface area contributed by atoms with Gasteiger partial charge >= 0.3 is 0 Å². The van der Waals surface area contributed by atoms with E-state index in [0.717, 1.165) is 10.1 Å². The molecule has 9 heteroatoms. The lowest BCUT2D eigenvalue weighted by Gasteiger charge is -2.24. The second kappa shape index (κ2) is 5.74. The summed E-state index contributed by atoms with van der Waals surface area (Å²) in [4.78, 5) is 23.5. The summed E-state index contributed by atoms with van der Waals surface area (Å²) < 4.78 is 6.19. The normalized spacial score (nSPS) is 29.8. The number of amides is 1. The molecule has 1 saturated heterocycles. The molecule has 0 saturated carbocycles. The summed E-state index contributed by atoms with van der Waals surface area (Å²) in [5.41, 5.74) is 0. The maximum Gasteiger partial charge on any atom is 0.233 e. The van der Waals surface area contributed by atoms with E-state index in [4.69, 9.17) is 4.74 Å². The number of carboxylic acid groups (broad SMARTS) is 1. The van der Waals surface area contributed by atoms with E-state index in [-0.39, 0.29) is 0 Å². The van der Waals surface area contributed by atoms with Crippen LogP contribution in [0.1, 0.15) is 6.92 Å². The van der Waals surface area contributed by atoms with Crippen LogP contribution < -0.4 is 10.4 Å². The summed E-state index contributed by atoms with van der Waals surface area (Å²) >= 11 is 2.79. The van der Waals surface area contributed by atoms with Gasteiger partial charge in [0.05, 0.1) is 18.1 Å². The highest BCUT2D eigenvalue weighted by molar-refractivity contribution is 8.01. The number of hydrogen-bond donors (Lipinski definition) is 1. The van der Waals surface area contributed by atoms with Crippen molar-refractivity contribution in [3.63, 3.8) is 0 Å². The number of carboxylic acids is 1. The van der Waals surface area contributed by atoms with Crippen molar-refractivity contribution in [2.75, 3.05) is 11.1 Å². The van der Waals surface area contributed by atoms with E-state index in [1.807, 2.05) is 6.92 Å². The van der Waals surface area contributed by atoms with Crippen LogP contribution in [0.3, 0.4) is 0 Å². The monoisotopic (exact) mass is 326 g/mol. The van der Waals surface area contributed by atoms with Gasteiger partial charge in [-0.3, -0.25) is 4.79 Å². The van der Waals surface area contributed by atoms with Gasteiger partial charge < -0.3 is 20.0 Å². The Balaban J connectivity index is 1.72. The van der Waals surface area contributed by atoms with Gasteiger partial charge in [-0.2, -0.15) is 0 Å². The molecule has 0 unspecified atom stereocenters. The van der Waals surface area contributed by atoms with E-state index >= 15 is 0 Å². The molecule has 1 aromatic rings. The van der Waals surface area contributed by atoms with Gasteiger partial charge in [0.25, 0.3) is 0 Å². The first-order chi connectivity index (χ1) is 10.1. The minimum atomic E-state index is -1.27. The van der Waals surface area contributed by atoms with E-state index in [9.17, 15) is 14.7 Å². The number of rotatable bonds is 5. The topological polar surface area (TPSA) is 104 Å². The minimum Gasteiger partial charge on any atom is -0.550 e. The SMILES string of the molecule is CCSc1nnc(NC(=O)[C@@H]2[C@@H](C(=O)[O-])[C@@H]3C=C[C@H]2O3)s1. The van der Waals surface area contributed by atoms with E-state index < -0.39 is 35.9 Å². The van der Waals surface area contributed by atoms with Gasteiger partial charge in [-0.25, -0.2) is 0 Å². The van der Waals surface area contributed by atoms with E-state index in [1.54, 1.807) is 12.2 Å². The van der Waals surface area contributed by atoms with Crippen molar-refractivity contribution < 1.29 is 19.4 Å². The average Bonchev–Trinajstić information content (AvgIpc) is 3.13. The van der Waals surface area contributed by atoms with Crippen LogP contribution in [-0.2, 0) is 14.3 Å². The van der Waals surface area contributed by atoms with Gasteiger partial charge in [0, 0.05) is 11.9 Å². The smallest absolute Gasteiger partial charge is 0.233 e. The third-order valence-electron chi connectivity index (χ3n) is 3.38. The first kappa shape index (κ1) is 14.5. The van der Waals surface area contributed by atoms with Gasteiger partial charge in [0.15, 0.2) is 4.34 Å². The first-order valence-electron chi connectivity index (χ1n) is 6.42. The van der Waals surface area contributed by atoms with E-state index in [1.165, 1.54) is 23.1 Å². The largest absolute Gasteiger partial charge is 0.550 e. The Morgan fingerprint density at radius 3 is 2.76 bits per heavy atom. The van der Waals surface area contributed by atoms with Crippen LogP contribution in [0.5, 0.6) is 0 Å². The molecule has 0 aromatic carbocycles. The van der Waals surface area contributed by atoms with Crippen molar-refractivity contribution in [2.45, 2.75) is 23.5 Å². The summed E-state index contributed by atoms with van der Waals surface area (Å²) in [5.74, 6) is -2.59. The number of ether oxygens (including phenoxy) is 1. The van der Waals surface area contributed by atoms with Gasteiger partial charge in [0.1, 0.15) is 0 Å². The lowest BCUT2D eigenvalue weighted by atomic mass is 9.82. The highest BCUT2D eigenvalue weighted by atomic mass is 32.2. The zero-order valence-corrected chi connectivity index (χ0v) is 12.6. The number of aromatic nitrogens is 2. The number of carbonyl (C=O) groups is 2. The van der Waals surface area contributed by atoms with Crippen LogP contribution in [-0.4, -0.2) is 40.0 Å². The molecule has 7 nitrogen and oxygen atoms in total. The van der Waals surface area contributed by atoms with E-state index in [0.29, 0.717) is 5.13 Å². The third-order valence-corrected chi connectivity index (χ3v) is 5.23. The summed E-state index contributed by atoms with van der Waals surface area (Å²) in [7, 11) is 0. The molecule has 0 spiro atoms. The second-order valence-electron chi connectivity index (χ2n) is 4.62. The minimum absolute atomic E-state index is 0.361. The van der Waals surface area contributed by atoms with Crippen molar-refractivity contribution in [1.82, 2.24) is 10.2 Å². The average molecular weight is 326 g/mol. The molecule has 2 aliphatic rings. The second-order valence-corrected chi connectivity index (χ2v) is 7.10. The van der Waals surface area contributed by atoms with Crippen LogP contribution in [0.25, 0.3) is 0 Å². The number of fused-ring (bicyclic) bond motifs is 2. The summed E-state index contributed by atoms with van der Waals surface area (Å²) in [6.07, 6.45) is 2.27. The lowest BCUT2D eigenvalue weighted by molar-refractivity contribution is -0.313. The number of hydrogen-bond acceptors (Lipinski definition) is 8. The van der Waals surface area contributed by atoms with Crippen LogP contribution >= 0.6 is 23.1 Å². The lowest BCUT2D eigenvalue weighted by Crippen LogP contribution is -2.45. The van der Waals surface area contributed by atoms with Crippen LogP contribution in [0.4, 0.5) is 5.13 Å². The maximum absolute atomic E-state index is 12.3. The molecule has 2 bridgehead atoms. The molecular formula is C12H12N3O4S2-. The van der Waals surface area contributed by atoms with Crippen molar-refractivity contribution in [3.05, 3.63) is 12.2 Å². The standard InChI is InChI=1S/C12H13N3O4S2/c1-2-20-12-15-14-11(21-12)13-9(16)7-5-3-4-6(19-5)8(7)10(17)18/h3-8H,2H2,1H3,(H,17,18)(H,13,14,16)/p-1/t5-,6+,7+,8+/m1/s1. The molecule has 21 heavy (non-hydrogen) atoms. The predicted octanol–water partition coefficient (Wildman–Crippen LogP) is -0.0919. The maximum atomic E-state index is 12.3. The molecule has 1 fully saturated rings. The summed E-state index contributed by atoms with van der Waals surface area (Å²) in [5, 5.41) is 22.0. The van der Waals surface area contributed by atoms with Crippen LogP contribution in [0.15, 0.2) is 16.5 Å². The zero-order valence-electron chi connectivity index (χ0n) is 11.0. The molecular weight excluding hydrogens is 314 g/mol. The molecule has 0 aliphatic carbocycles. The number of carbonyl (C=O) groups excluding carboxylic acids is 2. The molecule has 0 radical (unpaired) electrons. The van der Waals surface area contributed by atoms with Crippen molar-refractivity contribution in [1.29, 1.82) is 0 Å². The third kappa shape index (κ3) is 2.68. The Labute approximate surface area is 128 Å². The number of nitrogens with zero attached hydrogens (tertiary/aromatic N) is 2. The van der Waals surface area contributed by atoms with Gasteiger partial charge in [-0.1, -0.05) is 42.2 Å². The molecule has 1 N–H and O–H groups in total. The van der Waals surface area contributed by atoms with Gasteiger partial charge in [0.2, 0.25) is 11.0 Å². The van der Waals surface area contributed by atoms with Crippen molar-refractivity contribution in [3.8, 4) is 0 Å². The van der Waals surface area contributed by atoms with Gasteiger partial charge in [-0.05, 0) is 5.75 Å². The zero-order chi connectivity index (χ0) is 15.0. The Morgan fingerprint density at radius 1 is 1.38 bits per heavy atom. The Hall–Kier alpha value is -1.45. The Kier molecular flexibility index (Phi) is 3.96. The van der Waals surface area contributed by atoms with Crippen LogP contribution in [0, 0.1) is 11.8 Å². The number of anilines is 1. The Bertz CT molecular complexity index is 603. The molecule has 1 aromatic heterocycles. The highest BCUT2D eigenvalue weighted by Crippen LogP contribution is 2.39. The molecule has 2 aliphatic heterocycles. The Morgan fingerprint density at radius 2 is 2.10 bits per heavy atom. The molecule has 4 atom stereocenters. The molecule has 112 valence electrons. The summed E-state index contributed by atoms with van der Waals surface area (Å²) in [6.45, 7) is 1.99. The van der Waals surface area contributed by atoms with E-state index in [2.05, 4.69) is 15.5 Å². The van der Waals surface area contributed by atoms with Crippen LogP contribution in [0.2, 0.25) is 0 Å². The van der Waals surface area contributed by atoms with Crippen molar-refractivity contribution in [2.24, 2.45) is 11.8 Å². The first-order valence-corrected chi connectivity index (χ1v) is 8.22. The van der Waals surface area contributed by atoms with Crippen molar-refractivity contribution >= 4 is 40.1 Å². The number of aliphatic carboxylic acids is 1. The molecule has 3 heterocycles. The quantitative estimate of drug-likeness (QED) is 0.458. The highest BCUT2D eigenvalue weighted by Gasteiger charge is 2.50. The fraction of sp³-hybridized carbons (Fsp3) is 0.500. The molecule has 3 rings (SSSR count). The number of thioether (sulfide) groups is 1.